The number of ether oxygens (including phenoxy) is 1. The zero-order chi connectivity index (χ0) is 19.6. The van der Waals surface area contributed by atoms with Crippen molar-refractivity contribution < 1.29 is 17.9 Å². The number of rotatable bonds is 5. The molecule has 2 aromatic rings. The van der Waals surface area contributed by atoms with E-state index in [1.807, 2.05) is 0 Å². The summed E-state index contributed by atoms with van der Waals surface area (Å²) in [5, 5.41) is 1.77. The first kappa shape index (κ1) is 20.6. The number of hydrogen-bond donors (Lipinski definition) is 1. The molecule has 1 aromatic heterocycles. The average molecular weight is 471 g/mol. The molecule has 1 N–H and O–H groups in total. The molecule has 3 rings (SSSR count). The molecule has 1 aliphatic rings. The molecule has 0 unspecified atom stereocenters. The van der Waals surface area contributed by atoms with Crippen LogP contribution in [0.15, 0.2) is 22.4 Å². The second kappa shape index (κ2) is 8.50. The van der Waals surface area contributed by atoms with Crippen LogP contribution < -0.4 is 4.72 Å². The molecule has 0 radical (unpaired) electrons. The van der Waals surface area contributed by atoms with Gasteiger partial charge in [-0.05, 0) is 12.1 Å². The van der Waals surface area contributed by atoms with Gasteiger partial charge in [-0.2, -0.15) is 0 Å². The number of carbonyl (C=O) groups is 1. The summed E-state index contributed by atoms with van der Waals surface area (Å²) in [7, 11) is -4.06. The first-order valence-corrected chi connectivity index (χ1v) is 11.2. The van der Waals surface area contributed by atoms with Crippen molar-refractivity contribution in [1.82, 2.24) is 9.88 Å². The molecule has 0 saturated carbocycles. The van der Waals surface area contributed by atoms with Crippen LogP contribution in [0, 0.1) is 0 Å². The summed E-state index contributed by atoms with van der Waals surface area (Å²) in [4.78, 5) is 17.8. The second-order valence-electron chi connectivity index (χ2n) is 5.62. The van der Waals surface area contributed by atoms with Crippen LogP contribution in [0.5, 0.6) is 0 Å². The third kappa shape index (κ3) is 5.04. The maximum Gasteiger partial charge on any atom is 0.266 e. The molecular weight excluding hydrogens is 457 g/mol. The van der Waals surface area contributed by atoms with E-state index in [9.17, 15) is 13.2 Å². The first-order chi connectivity index (χ1) is 12.8. The van der Waals surface area contributed by atoms with Crippen LogP contribution >= 0.6 is 46.1 Å². The van der Waals surface area contributed by atoms with Crippen LogP contribution in [0.2, 0.25) is 15.1 Å². The molecule has 0 bridgehead atoms. The Morgan fingerprint density at radius 3 is 2.48 bits per heavy atom. The summed E-state index contributed by atoms with van der Waals surface area (Å²) >= 11 is 18.8. The number of hydrogen-bond acceptors (Lipinski definition) is 6. The van der Waals surface area contributed by atoms with E-state index >= 15 is 0 Å². The van der Waals surface area contributed by atoms with Crippen LogP contribution in [-0.4, -0.2) is 50.5 Å². The molecule has 1 saturated heterocycles. The van der Waals surface area contributed by atoms with Gasteiger partial charge in [0.2, 0.25) is 5.91 Å². The van der Waals surface area contributed by atoms with Gasteiger partial charge in [0.25, 0.3) is 10.0 Å². The van der Waals surface area contributed by atoms with E-state index < -0.39 is 10.0 Å². The van der Waals surface area contributed by atoms with Crippen molar-refractivity contribution in [3.8, 4) is 0 Å². The Bertz CT molecular complexity index is 936. The minimum Gasteiger partial charge on any atom is -0.378 e. The van der Waals surface area contributed by atoms with Gasteiger partial charge in [-0.1, -0.05) is 34.8 Å². The standard InChI is InChI=1S/C15H14Cl3N3O4S2/c16-9-5-11(17)14(12(18)6-9)27(23,24)20-15-19-10(8-26-15)7-13(22)21-1-3-25-4-2-21/h5-6,8H,1-4,7H2,(H,19,20). The minimum atomic E-state index is -4.06. The van der Waals surface area contributed by atoms with Gasteiger partial charge in [-0.25, -0.2) is 13.4 Å². The fourth-order valence-electron chi connectivity index (χ4n) is 2.47. The van der Waals surface area contributed by atoms with Crippen molar-refractivity contribution in [1.29, 1.82) is 0 Å². The number of halogens is 3. The number of morpholine rings is 1. The molecule has 1 aromatic carbocycles. The van der Waals surface area contributed by atoms with Crippen LogP contribution in [0.25, 0.3) is 0 Å². The fourth-order valence-corrected chi connectivity index (χ4v) is 5.98. The van der Waals surface area contributed by atoms with Gasteiger partial charge in [-0.15, -0.1) is 11.3 Å². The largest absolute Gasteiger partial charge is 0.378 e. The van der Waals surface area contributed by atoms with E-state index in [1.54, 1.807) is 10.3 Å². The Morgan fingerprint density at radius 2 is 1.85 bits per heavy atom. The van der Waals surface area contributed by atoms with Gasteiger partial charge < -0.3 is 9.64 Å². The average Bonchev–Trinajstić information content (AvgIpc) is 3.00. The van der Waals surface area contributed by atoms with Gasteiger partial charge in [0.15, 0.2) is 5.13 Å². The molecule has 1 fully saturated rings. The Morgan fingerprint density at radius 1 is 1.22 bits per heavy atom. The van der Waals surface area contributed by atoms with Crippen LogP contribution in [0.4, 0.5) is 5.13 Å². The highest BCUT2D eigenvalue weighted by Crippen LogP contribution is 2.34. The normalized spacial score (nSPS) is 15.0. The van der Waals surface area contributed by atoms with E-state index in [-0.39, 0.29) is 37.4 Å². The second-order valence-corrected chi connectivity index (χ2v) is 9.35. The number of thiazole rings is 1. The topological polar surface area (TPSA) is 88.6 Å². The summed E-state index contributed by atoms with van der Waals surface area (Å²) in [5.41, 5.74) is 0.475. The SMILES string of the molecule is O=C(Cc1csc(NS(=O)(=O)c2c(Cl)cc(Cl)cc2Cl)n1)N1CCOCC1. The number of amides is 1. The maximum atomic E-state index is 12.6. The van der Waals surface area contributed by atoms with E-state index in [2.05, 4.69) is 9.71 Å². The zero-order valence-corrected chi connectivity index (χ0v) is 17.6. The number of sulfonamides is 1. The minimum absolute atomic E-state index is 0.0817. The van der Waals surface area contributed by atoms with Crippen molar-refractivity contribution in [2.45, 2.75) is 11.3 Å². The molecule has 0 aliphatic carbocycles. The Labute approximate surface area is 175 Å². The zero-order valence-electron chi connectivity index (χ0n) is 13.7. The number of nitrogens with zero attached hydrogens (tertiary/aromatic N) is 2. The molecule has 0 spiro atoms. The lowest BCUT2D eigenvalue weighted by atomic mass is 10.3. The van der Waals surface area contributed by atoms with E-state index in [4.69, 9.17) is 39.5 Å². The molecule has 0 atom stereocenters. The third-order valence-electron chi connectivity index (χ3n) is 3.70. The predicted octanol–water partition coefficient (Wildman–Crippen LogP) is 3.31. The number of nitrogens with one attached hydrogen (secondary N) is 1. The number of benzene rings is 1. The number of anilines is 1. The van der Waals surface area contributed by atoms with Crippen LogP contribution in [-0.2, 0) is 26.0 Å². The predicted molar refractivity (Wildman–Crippen MR) is 105 cm³/mol. The van der Waals surface area contributed by atoms with Gasteiger partial charge in [-0.3, -0.25) is 9.52 Å². The van der Waals surface area contributed by atoms with Crippen LogP contribution in [0.1, 0.15) is 5.69 Å². The molecule has 2 heterocycles. The van der Waals surface area contributed by atoms with Gasteiger partial charge in [0, 0.05) is 23.5 Å². The highest BCUT2D eigenvalue weighted by molar-refractivity contribution is 7.93. The van der Waals surface area contributed by atoms with E-state index in [1.165, 1.54) is 12.1 Å². The summed E-state index contributed by atoms with van der Waals surface area (Å²) < 4.78 is 32.7. The highest BCUT2D eigenvalue weighted by Gasteiger charge is 2.24. The highest BCUT2D eigenvalue weighted by atomic mass is 35.5. The van der Waals surface area contributed by atoms with Gasteiger partial charge >= 0.3 is 0 Å². The Balaban J connectivity index is 1.72. The molecule has 27 heavy (non-hydrogen) atoms. The van der Waals surface area contributed by atoms with Crippen LogP contribution in [0.3, 0.4) is 0 Å². The summed E-state index contributed by atoms with van der Waals surface area (Å²) in [5.74, 6) is -0.0817. The molecular formula is C15H14Cl3N3O4S2. The van der Waals surface area contributed by atoms with Crippen molar-refractivity contribution in [2.75, 3.05) is 31.0 Å². The van der Waals surface area contributed by atoms with E-state index in [0.717, 1.165) is 11.3 Å². The van der Waals surface area contributed by atoms with Crippen molar-refractivity contribution in [2.24, 2.45) is 0 Å². The molecule has 12 heteroatoms. The summed E-state index contributed by atoms with van der Waals surface area (Å²) in [6.45, 7) is 2.10. The van der Waals surface area contributed by atoms with Crippen molar-refractivity contribution in [3.05, 3.63) is 38.3 Å². The van der Waals surface area contributed by atoms with Gasteiger partial charge in [0.05, 0.1) is 35.4 Å². The molecule has 1 aliphatic heterocycles. The smallest absolute Gasteiger partial charge is 0.266 e. The first-order valence-electron chi connectivity index (χ1n) is 7.73. The Hall–Kier alpha value is -1.10. The third-order valence-corrected chi connectivity index (χ3v) is 7.11. The Kier molecular flexibility index (Phi) is 6.50. The maximum absolute atomic E-state index is 12.6. The quantitative estimate of drug-likeness (QED) is 0.724. The van der Waals surface area contributed by atoms with Crippen molar-refractivity contribution >= 4 is 67.2 Å². The summed E-state index contributed by atoms with van der Waals surface area (Å²) in [6, 6.07) is 2.58. The number of aromatic nitrogens is 1. The lowest BCUT2D eigenvalue weighted by Crippen LogP contribution is -2.41. The molecule has 7 nitrogen and oxygen atoms in total. The molecule has 146 valence electrons. The van der Waals surface area contributed by atoms with Gasteiger partial charge in [0.1, 0.15) is 4.90 Å². The van der Waals surface area contributed by atoms with E-state index in [0.29, 0.717) is 32.0 Å². The lowest BCUT2D eigenvalue weighted by molar-refractivity contribution is -0.134. The lowest BCUT2D eigenvalue weighted by Gasteiger charge is -2.26. The fraction of sp³-hybridized carbons (Fsp3) is 0.333. The molecule has 1 amide bonds. The monoisotopic (exact) mass is 469 g/mol. The van der Waals surface area contributed by atoms with Crippen molar-refractivity contribution in [3.63, 3.8) is 0 Å². The number of carbonyl (C=O) groups excluding carboxylic acids is 1. The summed E-state index contributed by atoms with van der Waals surface area (Å²) in [6.07, 6.45) is 0.0840.